The molecule has 3 rings (SSSR count). The molecule has 1 heteroatoms. The minimum Gasteiger partial charge on any atom is -0.288 e. The number of Topliss-reactive ketones (excluding diaryl/α,β-unsaturated/α-hetero) is 1. The van der Waals surface area contributed by atoms with Gasteiger partial charge < -0.3 is 0 Å². The van der Waals surface area contributed by atoms with Gasteiger partial charge >= 0.3 is 0 Å². The molecule has 19 heavy (non-hydrogen) atoms. The summed E-state index contributed by atoms with van der Waals surface area (Å²) in [5.74, 6) is 0.0474. The average Bonchev–Trinajstić information content (AvgIpc) is 3.30. The van der Waals surface area contributed by atoms with Gasteiger partial charge in [0.25, 0.3) is 0 Å². The molecule has 1 saturated carbocycles. The van der Waals surface area contributed by atoms with Crippen LogP contribution in [0.25, 0.3) is 5.57 Å². The van der Waals surface area contributed by atoms with Crippen LogP contribution in [-0.4, -0.2) is 5.78 Å². The first-order valence-corrected chi connectivity index (χ1v) is 6.48. The molecular weight excluding hydrogens is 232 g/mol. The van der Waals surface area contributed by atoms with E-state index in [1.807, 2.05) is 60.7 Å². The van der Waals surface area contributed by atoms with E-state index in [2.05, 4.69) is 5.73 Å². The van der Waals surface area contributed by atoms with Gasteiger partial charge in [-0.15, -0.1) is 5.73 Å². The summed E-state index contributed by atoms with van der Waals surface area (Å²) in [5, 5.41) is 0. The summed E-state index contributed by atoms with van der Waals surface area (Å²) < 4.78 is 0. The quantitative estimate of drug-likeness (QED) is 0.449. The maximum atomic E-state index is 12.6. The lowest BCUT2D eigenvalue weighted by atomic mass is 9.97. The standard InChI is InChI=1S/C18H14O/c19-18(16-9-5-2-6-10-16)17(13-14-11-12-14)15-7-3-1-4-8-15/h1-10H,11-12H2. The first-order chi connectivity index (χ1) is 9.34. The molecule has 1 nitrogen and oxygen atoms in total. The second kappa shape index (κ2) is 5.09. The van der Waals surface area contributed by atoms with Crippen molar-refractivity contribution in [3.8, 4) is 0 Å². The van der Waals surface area contributed by atoms with Gasteiger partial charge in [-0.1, -0.05) is 60.7 Å². The zero-order valence-electron chi connectivity index (χ0n) is 10.6. The van der Waals surface area contributed by atoms with Crippen LogP contribution in [0.3, 0.4) is 0 Å². The smallest absolute Gasteiger partial charge is 0.201 e. The lowest BCUT2D eigenvalue weighted by Crippen LogP contribution is -2.01. The molecule has 92 valence electrons. The Labute approximate surface area is 112 Å². The van der Waals surface area contributed by atoms with E-state index in [4.69, 9.17) is 0 Å². The Kier molecular flexibility index (Phi) is 3.14. The third-order valence-electron chi connectivity index (χ3n) is 3.13. The van der Waals surface area contributed by atoms with Crippen molar-refractivity contribution in [2.45, 2.75) is 12.8 Å². The Hall–Kier alpha value is -2.37. The maximum Gasteiger partial charge on any atom is 0.201 e. The highest BCUT2D eigenvalue weighted by Crippen LogP contribution is 2.29. The van der Waals surface area contributed by atoms with Gasteiger partial charge in [0.15, 0.2) is 0 Å². The van der Waals surface area contributed by atoms with E-state index in [0.717, 1.165) is 24.0 Å². The molecule has 2 aromatic rings. The molecule has 0 radical (unpaired) electrons. The molecular formula is C18H14O. The van der Waals surface area contributed by atoms with E-state index in [1.54, 1.807) is 0 Å². The molecule has 0 heterocycles. The summed E-state index contributed by atoms with van der Waals surface area (Å²) >= 11 is 0. The molecule has 0 unspecified atom stereocenters. The van der Waals surface area contributed by atoms with Crippen LogP contribution in [-0.2, 0) is 0 Å². The van der Waals surface area contributed by atoms with Crippen molar-refractivity contribution in [1.82, 2.24) is 0 Å². The van der Waals surface area contributed by atoms with E-state index >= 15 is 0 Å². The van der Waals surface area contributed by atoms with Gasteiger partial charge in [-0.05, 0) is 24.0 Å². The lowest BCUT2D eigenvalue weighted by Gasteiger charge is -2.04. The van der Waals surface area contributed by atoms with Crippen molar-refractivity contribution < 1.29 is 4.79 Å². The third kappa shape index (κ3) is 2.73. The van der Waals surface area contributed by atoms with Crippen LogP contribution >= 0.6 is 0 Å². The van der Waals surface area contributed by atoms with Crippen molar-refractivity contribution >= 4 is 11.4 Å². The Morgan fingerprint density at radius 1 is 0.789 bits per heavy atom. The zero-order valence-corrected chi connectivity index (χ0v) is 10.6. The lowest BCUT2D eigenvalue weighted by molar-refractivity contribution is 0.105. The van der Waals surface area contributed by atoms with Crippen molar-refractivity contribution in [2.75, 3.05) is 0 Å². The molecule has 0 N–H and O–H groups in total. The molecule has 0 bridgehead atoms. The normalized spacial score (nSPS) is 12.7. The number of rotatable bonds is 3. The molecule has 0 aliphatic heterocycles. The average molecular weight is 246 g/mol. The first-order valence-electron chi connectivity index (χ1n) is 6.48. The van der Waals surface area contributed by atoms with Crippen molar-refractivity contribution in [3.05, 3.63) is 83.1 Å². The van der Waals surface area contributed by atoms with Gasteiger partial charge in [0.1, 0.15) is 0 Å². The molecule has 1 aliphatic rings. The molecule has 0 saturated heterocycles. The number of allylic oxidation sites excluding steroid dienone is 1. The summed E-state index contributed by atoms with van der Waals surface area (Å²) in [6.45, 7) is 0. The Morgan fingerprint density at radius 2 is 1.32 bits per heavy atom. The molecule has 0 atom stereocenters. The maximum absolute atomic E-state index is 12.6. The SMILES string of the molecule is O=C(C(=C=C1CC1)c1ccccc1)c1ccccc1. The van der Waals surface area contributed by atoms with Gasteiger partial charge in [0.05, 0.1) is 5.57 Å². The summed E-state index contributed by atoms with van der Waals surface area (Å²) in [5.41, 5.74) is 6.87. The number of hydrogen-bond donors (Lipinski definition) is 0. The fraction of sp³-hybridized carbons (Fsp3) is 0.111. The van der Waals surface area contributed by atoms with Crippen LogP contribution in [0.1, 0.15) is 28.8 Å². The minimum absolute atomic E-state index is 0.0474. The fourth-order valence-electron chi connectivity index (χ4n) is 1.96. The predicted octanol–water partition coefficient (Wildman–Crippen LogP) is 4.27. The highest BCUT2D eigenvalue weighted by atomic mass is 16.1. The third-order valence-corrected chi connectivity index (χ3v) is 3.13. The number of ketones is 1. The van der Waals surface area contributed by atoms with E-state index in [-0.39, 0.29) is 5.78 Å². The van der Waals surface area contributed by atoms with Crippen molar-refractivity contribution in [3.63, 3.8) is 0 Å². The highest BCUT2D eigenvalue weighted by molar-refractivity contribution is 6.28. The molecule has 1 fully saturated rings. The van der Waals surface area contributed by atoms with Gasteiger partial charge in [-0.2, -0.15) is 0 Å². The largest absolute Gasteiger partial charge is 0.288 e. The van der Waals surface area contributed by atoms with Crippen LogP contribution in [0.15, 0.2) is 72.0 Å². The van der Waals surface area contributed by atoms with Crippen LogP contribution in [0.2, 0.25) is 0 Å². The Morgan fingerprint density at radius 3 is 1.84 bits per heavy atom. The summed E-state index contributed by atoms with van der Waals surface area (Å²) in [4.78, 5) is 12.6. The topological polar surface area (TPSA) is 17.1 Å². The van der Waals surface area contributed by atoms with Crippen LogP contribution in [0.4, 0.5) is 0 Å². The van der Waals surface area contributed by atoms with E-state index in [9.17, 15) is 4.79 Å². The second-order valence-corrected chi connectivity index (χ2v) is 4.66. The highest BCUT2D eigenvalue weighted by Gasteiger charge is 2.17. The first kappa shape index (κ1) is 11.7. The van der Waals surface area contributed by atoms with Gasteiger partial charge in [0, 0.05) is 5.56 Å². The molecule has 0 spiro atoms. The van der Waals surface area contributed by atoms with E-state index < -0.39 is 0 Å². The number of hydrogen-bond acceptors (Lipinski definition) is 1. The van der Waals surface area contributed by atoms with Crippen LogP contribution < -0.4 is 0 Å². The Bertz CT molecular complexity index is 653. The zero-order chi connectivity index (χ0) is 13.1. The van der Waals surface area contributed by atoms with Gasteiger partial charge in [-0.3, -0.25) is 4.79 Å². The van der Waals surface area contributed by atoms with Crippen molar-refractivity contribution in [2.24, 2.45) is 0 Å². The predicted molar refractivity (Wildman–Crippen MR) is 76.9 cm³/mol. The van der Waals surface area contributed by atoms with Crippen LogP contribution in [0.5, 0.6) is 0 Å². The van der Waals surface area contributed by atoms with E-state index in [1.165, 1.54) is 5.57 Å². The van der Waals surface area contributed by atoms with Crippen LogP contribution in [0, 0.1) is 0 Å². The molecule has 2 aromatic carbocycles. The molecule has 0 aromatic heterocycles. The van der Waals surface area contributed by atoms with E-state index in [0.29, 0.717) is 5.57 Å². The Balaban J connectivity index is 2.08. The van der Waals surface area contributed by atoms with Gasteiger partial charge in [-0.25, -0.2) is 0 Å². The summed E-state index contributed by atoms with van der Waals surface area (Å²) in [6.07, 6.45) is 2.14. The monoisotopic (exact) mass is 246 g/mol. The second-order valence-electron chi connectivity index (χ2n) is 4.66. The van der Waals surface area contributed by atoms with Gasteiger partial charge in [0.2, 0.25) is 5.78 Å². The number of benzene rings is 2. The molecule has 0 amide bonds. The minimum atomic E-state index is 0.0474. The number of carbonyl (C=O) groups excluding carboxylic acids is 1. The fourth-order valence-corrected chi connectivity index (χ4v) is 1.96. The van der Waals surface area contributed by atoms with Crippen molar-refractivity contribution in [1.29, 1.82) is 0 Å². The number of carbonyl (C=O) groups is 1. The molecule has 1 aliphatic carbocycles. The summed E-state index contributed by atoms with van der Waals surface area (Å²) in [6, 6.07) is 19.2. The summed E-state index contributed by atoms with van der Waals surface area (Å²) in [7, 11) is 0.